The lowest BCUT2D eigenvalue weighted by molar-refractivity contribution is -0.136. The third kappa shape index (κ3) is 5.45. The monoisotopic (exact) mass is 493 g/mol. The summed E-state index contributed by atoms with van der Waals surface area (Å²) < 4.78 is 0. The molecule has 1 aliphatic carbocycles. The zero-order chi connectivity index (χ0) is 24.3. The number of hydrogen-bond acceptors (Lipinski definition) is 3. The van der Waals surface area contributed by atoms with E-state index in [1.54, 1.807) is 0 Å². The van der Waals surface area contributed by atoms with Crippen molar-refractivity contribution in [1.82, 2.24) is 15.1 Å². The number of rotatable bonds is 6. The Kier molecular flexibility index (Phi) is 7.81. The normalized spacial score (nSPS) is 21.6. The molecule has 1 saturated heterocycles. The molecule has 4 nitrogen and oxygen atoms in total. The van der Waals surface area contributed by atoms with Crippen molar-refractivity contribution in [1.29, 1.82) is 0 Å². The minimum absolute atomic E-state index is 0.0623. The summed E-state index contributed by atoms with van der Waals surface area (Å²) in [6.07, 6.45) is 10.4. The molecule has 188 valence electrons. The van der Waals surface area contributed by atoms with Gasteiger partial charge in [-0.1, -0.05) is 67.3 Å². The van der Waals surface area contributed by atoms with Gasteiger partial charge in [-0.3, -0.25) is 9.69 Å². The van der Waals surface area contributed by atoms with Gasteiger partial charge in [0.15, 0.2) is 0 Å². The Morgan fingerprint density at radius 1 is 1.03 bits per heavy atom. The van der Waals surface area contributed by atoms with Gasteiger partial charge in [0.25, 0.3) is 0 Å². The Balaban J connectivity index is 1.28. The van der Waals surface area contributed by atoms with E-state index in [0.717, 1.165) is 50.5 Å². The molecule has 2 aromatic carbocycles. The van der Waals surface area contributed by atoms with Crippen LogP contribution in [0.15, 0.2) is 48.5 Å². The first-order chi connectivity index (χ1) is 17.0. The smallest absolute Gasteiger partial charge is 0.240 e. The highest BCUT2D eigenvalue weighted by Gasteiger charge is 2.44. The minimum Gasteiger partial charge on any atom is -0.341 e. The van der Waals surface area contributed by atoms with Gasteiger partial charge in [-0.15, -0.1) is 0 Å². The number of amides is 1. The largest absolute Gasteiger partial charge is 0.341 e. The molecule has 2 aromatic rings. The average molecular weight is 494 g/mol. The number of carbonyl (C=O) groups excluding carboxylic acids is 1. The Hall–Kier alpha value is -1.88. The molecular weight excluding hydrogens is 454 g/mol. The summed E-state index contributed by atoms with van der Waals surface area (Å²) in [5.41, 5.74) is 4.19. The minimum atomic E-state index is -0.177. The second-order valence-corrected chi connectivity index (χ2v) is 11.4. The second-order valence-electron chi connectivity index (χ2n) is 11.0. The van der Waals surface area contributed by atoms with Gasteiger partial charge in [-0.25, -0.2) is 0 Å². The van der Waals surface area contributed by atoms with E-state index in [1.165, 1.54) is 48.8 Å². The molecule has 1 spiro atoms. The highest BCUT2D eigenvalue weighted by atomic mass is 35.5. The van der Waals surface area contributed by atoms with Crippen LogP contribution in [0.1, 0.15) is 61.6 Å². The molecule has 2 aliphatic heterocycles. The van der Waals surface area contributed by atoms with Crippen LogP contribution in [-0.4, -0.2) is 55.0 Å². The summed E-state index contributed by atoms with van der Waals surface area (Å²) >= 11 is 6.12. The fourth-order valence-corrected chi connectivity index (χ4v) is 6.80. The van der Waals surface area contributed by atoms with Gasteiger partial charge in [0, 0.05) is 30.2 Å². The second kappa shape index (κ2) is 11.0. The number of piperidine rings is 1. The summed E-state index contributed by atoms with van der Waals surface area (Å²) in [5, 5.41) is 4.45. The maximum Gasteiger partial charge on any atom is 0.240 e. The Morgan fingerprint density at radius 3 is 2.49 bits per heavy atom. The zero-order valence-corrected chi connectivity index (χ0v) is 21.9. The van der Waals surface area contributed by atoms with Crippen LogP contribution in [0.3, 0.4) is 0 Å². The predicted molar refractivity (Wildman–Crippen MR) is 144 cm³/mol. The van der Waals surface area contributed by atoms with E-state index in [-0.39, 0.29) is 17.5 Å². The van der Waals surface area contributed by atoms with Gasteiger partial charge in [-0.05, 0) is 86.9 Å². The SMILES string of the molecule is CN1CCc2ccccc2C12CCN(C(=O)[C@@H](Cc1ccc(Cl)cc1)NCC1CCCCC1)CC2. The van der Waals surface area contributed by atoms with E-state index in [4.69, 9.17) is 11.6 Å². The van der Waals surface area contributed by atoms with Gasteiger partial charge in [0.2, 0.25) is 5.91 Å². The van der Waals surface area contributed by atoms with E-state index in [0.29, 0.717) is 12.3 Å². The molecule has 0 bridgehead atoms. The quantitative estimate of drug-likeness (QED) is 0.583. The van der Waals surface area contributed by atoms with Crippen molar-refractivity contribution < 1.29 is 4.79 Å². The van der Waals surface area contributed by atoms with Gasteiger partial charge >= 0.3 is 0 Å². The van der Waals surface area contributed by atoms with Gasteiger partial charge in [0.1, 0.15) is 0 Å². The van der Waals surface area contributed by atoms with Gasteiger partial charge in [-0.2, -0.15) is 0 Å². The molecule has 2 fully saturated rings. The molecule has 0 aromatic heterocycles. The molecule has 1 saturated carbocycles. The lowest BCUT2D eigenvalue weighted by Gasteiger charge is -2.51. The summed E-state index contributed by atoms with van der Waals surface area (Å²) in [5.74, 6) is 0.957. The number of nitrogens with zero attached hydrogens (tertiary/aromatic N) is 2. The summed E-state index contributed by atoms with van der Waals surface area (Å²) in [6.45, 7) is 3.67. The number of nitrogens with one attached hydrogen (secondary N) is 1. The first kappa shape index (κ1) is 24.8. The standard InChI is InChI=1S/C30H40ClN3O/c1-33-18-15-25-9-5-6-10-27(25)30(33)16-19-34(20-17-30)29(35)28(21-23-11-13-26(31)14-12-23)32-22-24-7-3-2-4-8-24/h5-6,9-14,24,28,32H,2-4,7-8,15-22H2,1H3/t28-/m1/s1. The van der Waals surface area contributed by atoms with Crippen LogP contribution < -0.4 is 5.32 Å². The molecule has 1 N–H and O–H groups in total. The zero-order valence-electron chi connectivity index (χ0n) is 21.1. The van der Waals surface area contributed by atoms with E-state index in [2.05, 4.69) is 58.6 Å². The van der Waals surface area contributed by atoms with Crippen molar-refractivity contribution >= 4 is 17.5 Å². The number of fused-ring (bicyclic) bond motifs is 2. The van der Waals surface area contributed by atoms with Crippen molar-refractivity contribution in [3.05, 3.63) is 70.2 Å². The van der Waals surface area contributed by atoms with Crippen molar-refractivity contribution in [2.45, 2.75) is 69.4 Å². The van der Waals surface area contributed by atoms with Crippen LogP contribution in [0.25, 0.3) is 0 Å². The van der Waals surface area contributed by atoms with Crippen molar-refractivity contribution in [3.63, 3.8) is 0 Å². The Bertz CT molecular complexity index is 993. The summed E-state index contributed by atoms with van der Waals surface area (Å²) in [6, 6.07) is 16.7. The topological polar surface area (TPSA) is 35.6 Å². The molecule has 0 radical (unpaired) electrons. The van der Waals surface area contributed by atoms with Crippen LogP contribution in [0, 0.1) is 5.92 Å². The molecular formula is C30H40ClN3O. The molecule has 1 amide bonds. The molecule has 2 heterocycles. The third-order valence-electron chi connectivity index (χ3n) is 8.90. The summed E-state index contributed by atoms with van der Waals surface area (Å²) in [4.78, 5) is 18.5. The van der Waals surface area contributed by atoms with Crippen molar-refractivity contribution in [2.75, 3.05) is 33.2 Å². The van der Waals surface area contributed by atoms with Crippen LogP contribution >= 0.6 is 11.6 Å². The predicted octanol–water partition coefficient (Wildman–Crippen LogP) is 5.43. The highest BCUT2D eigenvalue weighted by molar-refractivity contribution is 6.30. The maximum atomic E-state index is 13.9. The van der Waals surface area contributed by atoms with Crippen LogP contribution in [0.5, 0.6) is 0 Å². The molecule has 5 rings (SSSR count). The number of carbonyl (C=O) groups is 1. The number of hydrogen-bond donors (Lipinski definition) is 1. The van der Waals surface area contributed by atoms with Crippen molar-refractivity contribution in [2.24, 2.45) is 5.92 Å². The van der Waals surface area contributed by atoms with E-state index >= 15 is 0 Å². The average Bonchev–Trinajstić information content (AvgIpc) is 2.91. The maximum absolute atomic E-state index is 13.9. The lowest BCUT2D eigenvalue weighted by atomic mass is 9.74. The number of benzene rings is 2. The van der Waals surface area contributed by atoms with Gasteiger partial charge in [0.05, 0.1) is 6.04 Å². The Labute approximate surface area is 216 Å². The fourth-order valence-electron chi connectivity index (χ4n) is 6.67. The fraction of sp³-hybridized carbons (Fsp3) is 0.567. The number of likely N-dealkylation sites (tertiary alicyclic amines) is 1. The van der Waals surface area contributed by atoms with Crippen LogP contribution in [0.2, 0.25) is 5.02 Å². The lowest BCUT2D eigenvalue weighted by Crippen LogP contribution is -2.58. The van der Waals surface area contributed by atoms with Crippen LogP contribution in [-0.2, 0) is 23.2 Å². The van der Waals surface area contributed by atoms with Crippen LogP contribution in [0.4, 0.5) is 0 Å². The van der Waals surface area contributed by atoms with Gasteiger partial charge < -0.3 is 10.2 Å². The summed E-state index contributed by atoms with van der Waals surface area (Å²) in [7, 11) is 2.27. The molecule has 35 heavy (non-hydrogen) atoms. The highest BCUT2D eigenvalue weighted by Crippen LogP contribution is 2.42. The van der Waals surface area contributed by atoms with E-state index < -0.39 is 0 Å². The van der Waals surface area contributed by atoms with E-state index in [9.17, 15) is 4.79 Å². The first-order valence-electron chi connectivity index (χ1n) is 13.6. The first-order valence-corrected chi connectivity index (χ1v) is 14.0. The Morgan fingerprint density at radius 2 is 1.74 bits per heavy atom. The number of halogens is 1. The van der Waals surface area contributed by atoms with E-state index in [1.807, 2.05) is 12.1 Å². The molecule has 3 aliphatic rings. The molecule has 5 heteroatoms. The third-order valence-corrected chi connectivity index (χ3v) is 9.15. The molecule has 0 unspecified atom stereocenters. The van der Waals surface area contributed by atoms with Crippen molar-refractivity contribution in [3.8, 4) is 0 Å². The number of likely N-dealkylation sites (N-methyl/N-ethyl adjacent to an activating group) is 1. The molecule has 1 atom stereocenters.